The summed E-state index contributed by atoms with van der Waals surface area (Å²) in [5, 5.41) is 10.4. The molecule has 1 heterocycles. The average Bonchev–Trinajstić information content (AvgIpc) is 3.00. The van der Waals surface area contributed by atoms with E-state index in [1.165, 1.54) is 25.2 Å². The molecule has 0 unspecified atom stereocenters. The highest BCUT2D eigenvalue weighted by Crippen LogP contribution is 2.11. The summed E-state index contributed by atoms with van der Waals surface area (Å²) < 4.78 is 27.5. The van der Waals surface area contributed by atoms with E-state index in [0.29, 0.717) is 12.4 Å². The molecule has 2 N–H and O–H groups in total. The largest absolute Gasteiger partial charge is 0.345 e. The van der Waals surface area contributed by atoms with Gasteiger partial charge in [0.05, 0.1) is 11.4 Å². The highest BCUT2D eigenvalue weighted by atomic mass is 32.2. The number of hydrogen-bond donors (Lipinski definition) is 2. The first-order valence-electron chi connectivity index (χ1n) is 6.66. The van der Waals surface area contributed by atoms with Gasteiger partial charge in [0.25, 0.3) is 5.91 Å². The molecule has 22 heavy (non-hydrogen) atoms. The molecule has 0 saturated heterocycles. The number of aromatic nitrogens is 3. The van der Waals surface area contributed by atoms with Gasteiger partial charge in [0.2, 0.25) is 10.0 Å². The first kappa shape index (κ1) is 16.1. The van der Waals surface area contributed by atoms with E-state index in [4.69, 9.17) is 0 Å². The molecule has 0 aliphatic rings. The molecule has 118 valence electrons. The van der Waals surface area contributed by atoms with Gasteiger partial charge in [-0.15, -0.1) is 10.2 Å². The first-order chi connectivity index (χ1) is 10.5. The van der Waals surface area contributed by atoms with Crippen LogP contribution in [0.5, 0.6) is 0 Å². The van der Waals surface area contributed by atoms with Gasteiger partial charge in [0.1, 0.15) is 6.33 Å². The highest BCUT2D eigenvalue weighted by molar-refractivity contribution is 7.89. The lowest BCUT2D eigenvalue weighted by Crippen LogP contribution is -2.25. The number of amides is 1. The van der Waals surface area contributed by atoms with Crippen molar-refractivity contribution < 1.29 is 13.2 Å². The van der Waals surface area contributed by atoms with Gasteiger partial charge in [-0.05, 0) is 32.2 Å². The van der Waals surface area contributed by atoms with Crippen LogP contribution in [-0.4, -0.2) is 36.1 Å². The van der Waals surface area contributed by atoms with E-state index in [0.717, 1.165) is 0 Å². The number of rotatable bonds is 6. The lowest BCUT2D eigenvalue weighted by Gasteiger charge is -2.07. The van der Waals surface area contributed by atoms with E-state index >= 15 is 0 Å². The zero-order valence-electron chi connectivity index (χ0n) is 12.3. The van der Waals surface area contributed by atoms with Crippen LogP contribution in [0.3, 0.4) is 0 Å². The molecular weight excluding hydrogens is 306 g/mol. The molecule has 0 spiro atoms. The molecule has 2 aromatic rings. The number of sulfonamides is 1. The van der Waals surface area contributed by atoms with Gasteiger partial charge in [-0.2, -0.15) is 0 Å². The fraction of sp³-hybridized carbons (Fsp3) is 0.308. The Morgan fingerprint density at radius 3 is 2.82 bits per heavy atom. The van der Waals surface area contributed by atoms with Crippen LogP contribution in [0.2, 0.25) is 0 Å². The second-order valence-corrected chi connectivity index (χ2v) is 6.34. The lowest BCUT2D eigenvalue weighted by molar-refractivity contribution is 0.0949. The molecule has 0 aliphatic carbocycles. The SMILES string of the molecule is CCn1cnnc1CNC(=O)c1cccc(S(=O)(=O)NC)c1. The third kappa shape index (κ3) is 3.49. The van der Waals surface area contributed by atoms with E-state index in [1.54, 1.807) is 12.4 Å². The number of nitrogens with zero attached hydrogens (tertiary/aromatic N) is 3. The third-order valence-electron chi connectivity index (χ3n) is 3.12. The zero-order valence-corrected chi connectivity index (χ0v) is 13.1. The van der Waals surface area contributed by atoms with Crippen LogP contribution in [0.15, 0.2) is 35.5 Å². The summed E-state index contributed by atoms with van der Waals surface area (Å²) in [5.41, 5.74) is 0.263. The minimum Gasteiger partial charge on any atom is -0.345 e. The summed E-state index contributed by atoms with van der Waals surface area (Å²) in [5.74, 6) is 0.258. The van der Waals surface area contributed by atoms with Crippen molar-refractivity contribution in [2.24, 2.45) is 0 Å². The van der Waals surface area contributed by atoms with Crippen molar-refractivity contribution in [1.82, 2.24) is 24.8 Å². The number of carbonyl (C=O) groups excluding carboxylic acids is 1. The zero-order chi connectivity index (χ0) is 16.2. The van der Waals surface area contributed by atoms with E-state index < -0.39 is 10.0 Å². The fourth-order valence-electron chi connectivity index (χ4n) is 1.86. The Morgan fingerprint density at radius 1 is 1.36 bits per heavy atom. The molecule has 0 atom stereocenters. The van der Waals surface area contributed by atoms with Gasteiger partial charge in [-0.1, -0.05) is 6.07 Å². The molecule has 9 heteroatoms. The Balaban J connectivity index is 2.12. The standard InChI is InChI=1S/C13H17N5O3S/c1-3-18-9-16-17-12(18)8-15-13(19)10-5-4-6-11(7-10)22(20,21)14-2/h4-7,9,14H,3,8H2,1-2H3,(H,15,19). The van der Waals surface area contributed by atoms with Crippen molar-refractivity contribution in [3.05, 3.63) is 42.0 Å². The van der Waals surface area contributed by atoms with Crippen LogP contribution in [-0.2, 0) is 23.1 Å². The topological polar surface area (TPSA) is 106 Å². The average molecular weight is 323 g/mol. The van der Waals surface area contributed by atoms with Gasteiger partial charge in [-0.25, -0.2) is 13.1 Å². The van der Waals surface area contributed by atoms with Crippen LogP contribution in [0, 0.1) is 0 Å². The Hall–Kier alpha value is -2.26. The molecule has 1 aromatic carbocycles. The second kappa shape index (κ2) is 6.67. The van der Waals surface area contributed by atoms with Gasteiger partial charge in [-0.3, -0.25) is 4.79 Å². The Kier molecular flexibility index (Phi) is 4.88. The Bertz CT molecular complexity index is 769. The van der Waals surface area contributed by atoms with Crippen LogP contribution >= 0.6 is 0 Å². The maximum absolute atomic E-state index is 12.1. The quantitative estimate of drug-likeness (QED) is 0.786. The molecule has 0 radical (unpaired) electrons. The summed E-state index contributed by atoms with van der Waals surface area (Å²) in [6.07, 6.45) is 1.58. The number of aryl methyl sites for hydroxylation is 1. The summed E-state index contributed by atoms with van der Waals surface area (Å²) in [4.78, 5) is 12.2. The Labute approximate surface area is 128 Å². The predicted octanol–water partition coefficient (Wildman–Crippen LogP) is 0.136. The normalized spacial score (nSPS) is 11.4. The maximum Gasteiger partial charge on any atom is 0.251 e. The monoisotopic (exact) mass is 323 g/mol. The molecule has 1 aromatic heterocycles. The summed E-state index contributed by atoms with van der Waals surface area (Å²) in [6.45, 7) is 2.87. The Morgan fingerprint density at radius 2 is 2.14 bits per heavy atom. The van der Waals surface area contributed by atoms with E-state index in [-0.39, 0.29) is 22.9 Å². The maximum atomic E-state index is 12.1. The van der Waals surface area contributed by atoms with Gasteiger partial charge in [0, 0.05) is 12.1 Å². The van der Waals surface area contributed by atoms with E-state index in [9.17, 15) is 13.2 Å². The molecule has 1 amide bonds. The highest BCUT2D eigenvalue weighted by Gasteiger charge is 2.14. The van der Waals surface area contributed by atoms with Crippen molar-refractivity contribution in [2.45, 2.75) is 24.9 Å². The van der Waals surface area contributed by atoms with E-state index in [1.807, 2.05) is 11.5 Å². The summed E-state index contributed by atoms with van der Waals surface area (Å²) >= 11 is 0. The predicted molar refractivity (Wildman–Crippen MR) is 79.6 cm³/mol. The molecule has 0 saturated carbocycles. The van der Waals surface area contributed by atoms with Crippen LogP contribution < -0.4 is 10.0 Å². The van der Waals surface area contributed by atoms with Crippen LogP contribution in [0.1, 0.15) is 23.1 Å². The number of carbonyl (C=O) groups is 1. The number of hydrogen-bond acceptors (Lipinski definition) is 5. The van der Waals surface area contributed by atoms with Crippen molar-refractivity contribution in [1.29, 1.82) is 0 Å². The molecule has 0 aliphatic heterocycles. The van der Waals surface area contributed by atoms with Gasteiger partial charge >= 0.3 is 0 Å². The van der Waals surface area contributed by atoms with E-state index in [2.05, 4.69) is 20.2 Å². The summed E-state index contributed by atoms with van der Waals surface area (Å²) in [7, 11) is -2.26. The number of nitrogens with one attached hydrogen (secondary N) is 2. The molecule has 0 bridgehead atoms. The molecular formula is C13H17N5O3S. The number of benzene rings is 1. The summed E-state index contributed by atoms with van der Waals surface area (Å²) in [6, 6.07) is 5.82. The van der Waals surface area contributed by atoms with Crippen molar-refractivity contribution >= 4 is 15.9 Å². The van der Waals surface area contributed by atoms with Crippen molar-refractivity contribution in [2.75, 3.05) is 7.05 Å². The van der Waals surface area contributed by atoms with Crippen molar-refractivity contribution in [3.63, 3.8) is 0 Å². The fourth-order valence-corrected chi connectivity index (χ4v) is 2.64. The minimum atomic E-state index is -3.58. The van der Waals surface area contributed by atoms with Crippen LogP contribution in [0.25, 0.3) is 0 Å². The minimum absolute atomic E-state index is 0.0411. The van der Waals surface area contributed by atoms with Crippen molar-refractivity contribution in [3.8, 4) is 0 Å². The second-order valence-electron chi connectivity index (χ2n) is 4.45. The van der Waals surface area contributed by atoms with Gasteiger partial charge in [0.15, 0.2) is 5.82 Å². The van der Waals surface area contributed by atoms with Gasteiger partial charge < -0.3 is 9.88 Å². The van der Waals surface area contributed by atoms with Crippen LogP contribution in [0.4, 0.5) is 0 Å². The molecule has 0 fully saturated rings. The third-order valence-corrected chi connectivity index (χ3v) is 4.53. The molecule has 8 nitrogen and oxygen atoms in total. The first-order valence-corrected chi connectivity index (χ1v) is 8.14. The molecule has 2 rings (SSSR count). The smallest absolute Gasteiger partial charge is 0.251 e. The lowest BCUT2D eigenvalue weighted by atomic mass is 10.2.